The molecule has 1 aromatic carbocycles. The summed E-state index contributed by atoms with van der Waals surface area (Å²) in [4.78, 5) is 10.6. The fourth-order valence-electron chi connectivity index (χ4n) is 1.32. The zero-order chi connectivity index (χ0) is 14.5. The fraction of sp³-hybridized carbons (Fsp3) is 0.308. The normalized spacial score (nSPS) is 10.6. The minimum atomic E-state index is -4.44. The summed E-state index contributed by atoms with van der Waals surface area (Å²) in [6.45, 7) is 1.68. The Balaban J connectivity index is 2.84. The second kappa shape index (κ2) is 6.62. The van der Waals surface area contributed by atoms with Crippen molar-refractivity contribution in [2.24, 2.45) is 0 Å². The Morgan fingerprint density at radius 1 is 1.42 bits per heavy atom. The van der Waals surface area contributed by atoms with Crippen LogP contribution >= 0.6 is 15.9 Å². The summed E-state index contributed by atoms with van der Waals surface area (Å²) >= 11 is 3.00. The van der Waals surface area contributed by atoms with Gasteiger partial charge in [-0.1, -0.05) is 27.8 Å². The van der Waals surface area contributed by atoms with Crippen LogP contribution in [0.15, 0.2) is 22.7 Å². The first-order valence-electron chi connectivity index (χ1n) is 5.41. The van der Waals surface area contributed by atoms with Crippen molar-refractivity contribution in [2.45, 2.75) is 19.5 Å². The molecule has 102 valence electrons. The molecule has 0 radical (unpaired) electrons. The number of carbonyl (C=O) groups is 1. The molecule has 0 aliphatic carbocycles. The Kier molecular flexibility index (Phi) is 5.43. The van der Waals surface area contributed by atoms with Crippen molar-refractivity contribution >= 4 is 21.8 Å². The van der Waals surface area contributed by atoms with Crippen molar-refractivity contribution < 1.29 is 18.0 Å². The highest BCUT2D eigenvalue weighted by Gasteiger charge is 2.33. The summed E-state index contributed by atoms with van der Waals surface area (Å²) in [5.41, 5.74) is -0.840. The Hall–Kier alpha value is -1.48. The van der Waals surface area contributed by atoms with Crippen LogP contribution in [0, 0.1) is 11.8 Å². The molecule has 2 nitrogen and oxygen atoms in total. The molecule has 0 bridgehead atoms. The highest BCUT2D eigenvalue weighted by atomic mass is 79.9. The molecule has 0 spiro atoms. The summed E-state index contributed by atoms with van der Waals surface area (Å²) in [6, 6.07) is 3.82. The lowest BCUT2D eigenvalue weighted by molar-refractivity contribution is -0.137. The highest BCUT2D eigenvalue weighted by molar-refractivity contribution is 9.10. The fourth-order valence-corrected chi connectivity index (χ4v) is 1.68. The van der Waals surface area contributed by atoms with Gasteiger partial charge in [-0.15, -0.1) is 0 Å². The standard InChI is InChI=1S/C13H11BrF3NO/c1-9(19)18-7-3-2-4-10-5-6-11(14)8-12(10)13(15,16)17/h5-6,8H,3,7H2,1H3,(H,18,19). The van der Waals surface area contributed by atoms with Crippen LogP contribution in [0.5, 0.6) is 0 Å². The average Bonchev–Trinajstić information content (AvgIpc) is 2.28. The van der Waals surface area contributed by atoms with Crippen LogP contribution in [0.1, 0.15) is 24.5 Å². The van der Waals surface area contributed by atoms with E-state index in [9.17, 15) is 18.0 Å². The first-order valence-corrected chi connectivity index (χ1v) is 6.20. The zero-order valence-electron chi connectivity index (χ0n) is 10.1. The third-order valence-corrected chi connectivity index (χ3v) is 2.63. The number of halogens is 4. The Morgan fingerprint density at radius 2 is 2.11 bits per heavy atom. The molecule has 0 saturated carbocycles. The minimum absolute atomic E-state index is 0.0708. The Bertz CT molecular complexity index is 529. The maximum absolute atomic E-state index is 12.8. The van der Waals surface area contributed by atoms with Crippen LogP contribution < -0.4 is 5.32 Å². The van der Waals surface area contributed by atoms with E-state index in [1.807, 2.05) is 0 Å². The van der Waals surface area contributed by atoms with E-state index >= 15 is 0 Å². The number of nitrogens with one attached hydrogen (secondary N) is 1. The number of hydrogen-bond acceptors (Lipinski definition) is 1. The van der Waals surface area contributed by atoms with Crippen LogP contribution in [0.3, 0.4) is 0 Å². The molecule has 0 saturated heterocycles. The molecule has 0 fully saturated rings. The molecular weight excluding hydrogens is 323 g/mol. The van der Waals surface area contributed by atoms with Crippen molar-refractivity contribution in [3.63, 3.8) is 0 Å². The molecule has 0 atom stereocenters. The number of hydrogen-bond donors (Lipinski definition) is 1. The van der Waals surface area contributed by atoms with Crippen molar-refractivity contribution in [1.82, 2.24) is 5.32 Å². The number of amides is 1. The van der Waals surface area contributed by atoms with Crippen molar-refractivity contribution in [2.75, 3.05) is 6.54 Å². The van der Waals surface area contributed by atoms with Gasteiger partial charge in [-0.05, 0) is 18.2 Å². The Labute approximate surface area is 117 Å². The molecule has 1 amide bonds. The molecule has 6 heteroatoms. The number of alkyl halides is 3. The van der Waals surface area contributed by atoms with Gasteiger partial charge in [0.15, 0.2) is 0 Å². The van der Waals surface area contributed by atoms with Gasteiger partial charge in [-0.25, -0.2) is 0 Å². The van der Waals surface area contributed by atoms with Crippen LogP contribution in [0.4, 0.5) is 13.2 Å². The van der Waals surface area contributed by atoms with Gasteiger partial charge in [0.05, 0.1) is 5.56 Å². The predicted octanol–water partition coefficient (Wildman–Crippen LogP) is 3.35. The van der Waals surface area contributed by atoms with Crippen molar-refractivity contribution in [1.29, 1.82) is 0 Å². The third-order valence-electron chi connectivity index (χ3n) is 2.13. The lowest BCUT2D eigenvalue weighted by Gasteiger charge is -2.09. The van der Waals surface area contributed by atoms with Crippen LogP contribution in [-0.2, 0) is 11.0 Å². The number of rotatable bonds is 2. The molecule has 1 N–H and O–H groups in total. The van der Waals surface area contributed by atoms with E-state index in [0.717, 1.165) is 6.07 Å². The maximum Gasteiger partial charge on any atom is 0.417 e. The quantitative estimate of drug-likeness (QED) is 0.652. The first kappa shape index (κ1) is 15.6. The van der Waals surface area contributed by atoms with Crippen molar-refractivity contribution in [3.05, 3.63) is 33.8 Å². The lowest BCUT2D eigenvalue weighted by Crippen LogP contribution is -2.20. The molecule has 1 rings (SSSR count). The van der Waals surface area contributed by atoms with E-state index < -0.39 is 11.7 Å². The predicted molar refractivity (Wildman–Crippen MR) is 69.3 cm³/mol. The van der Waals surface area contributed by atoms with Gasteiger partial charge in [0.25, 0.3) is 0 Å². The molecule has 1 aromatic rings. The number of carbonyl (C=O) groups excluding carboxylic acids is 1. The van der Waals surface area contributed by atoms with E-state index in [4.69, 9.17) is 0 Å². The van der Waals surface area contributed by atoms with E-state index in [0.29, 0.717) is 17.4 Å². The summed E-state index contributed by atoms with van der Waals surface area (Å²) < 4.78 is 38.6. The average molecular weight is 334 g/mol. The molecular formula is C13H11BrF3NO. The van der Waals surface area contributed by atoms with Gasteiger partial charge in [-0.3, -0.25) is 4.79 Å². The minimum Gasteiger partial charge on any atom is -0.355 e. The third kappa shape index (κ3) is 5.35. The molecule has 0 aromatic heterocycles. The molecule has 19 heavy (non-hydrogen) atoms. The van der Waals surface area contributed by atoms with Gasteiger partial charge < -0.3 is 5.32 Å². The van der Waals surface area contributed by atoms with Crippen LogP contribution in [0.25, 0.3) is 0 Å². The smallest absolute Gasteiger partial charge is 0.355 e. The first-order chi connectivity index (χ1) is 8.80. The van der Waals surface area contributed by atoms with Crippen molar-refractivity contribution in [3.8, 4) is 11.8 Å². The van der Waals surface area contributed by atoms with E-state index in [-0.39, 0.29) is 11.5 Å². The van der Waals surface area contributed by atoms with Gasteiger partial charge in [0.1, 0.15) is 0 Å². The molecule has 0 unspecified atom stereocenters. The lowest BCUT2D eigenvalue weighted by atomic mass is 10.1. The van der Waals surface area contributed by atoms with E-state index in [1.165, 1.54) is 19.1 Å². The topological polar surface area (TPSA) is 29.1 Å². The van der Waals surface area contributed by atoms with Gasteiger partial charge >= 0.3 is 6.18 Å². The van der Waals surface area contributed by atoms with E-state index in [2.05, 4.69) is 33.1 Å². The summed E-state index contributed by atoms with van der Waals surface area (Å²) in [5, 5.41) is 2.51. The maximum atomic E-state index is 12.8. The van der Waals surface area contributed by atoms with Crippen LogP contribution in [-0.4, -0.2) is 12.5 Å². The van der Waals surface area contributed by atoms with Crippen LogP contribution in [0.2, 0.25) is 0 Å². The second-order valence-corrected chi connectivity index (χ2v) is 4.64. The largest absolute Gasteiger partial charge is 0.417 e. The summed E-state index contributed by atoms with van der Waals surface area (Å²) in [5.74, 6) is 4.89. The molecule has 0 aliphatic rings. The van der Waals surface area contributed by atoms with E-state index in [1.54, 1.807) is 0 Å². The zero-order valence-corrected chi connectivity index (χ0v) is 11.7. The highest BCUT2D eigenvalue weighted by Crippen LogP contribution is 2.33. The Morgan fingerprint density at radius 3 is 2.68 bits per heavy atom. The van der Waals surface area contributed by atoms with Gasteiger partial charge in [0, 0.05) is 29.9 Å². The summed E-state index contributed by atoms with van der Waals surface area (Å²) in [7, 11) is 0. The van der Waals surface area contributed by atoms with Gasteiger partial charge in [0.2, 0.25) is 5.91 Å². The number of benzene rings is 1. The SMILES string of the molecule is CC(=O)NCCC#Cc1ccc(Br)cc1C(F)(F)F. The van der Waals surface area contributed by atoms with Gasteiger partial charge in [-0.2, -0.15) is 13.2 Å². The molecule has 0 heterocycles. The monoisotopic (exact) mass is 333 g/mol. The molecule has 0 aliphatic heterocycles. The summed E-state index contributed by atoms with van der Waals surface area (Å²) in [6.07, 6.45) is -4.14. The second-order valence-electron chi connectivity index (χ2n) is 3.72.